The molecule has 1 amide bonds. The second kappa shape index (κ2) is 8.73. The minimum absolute atomic E-state index is 0.0820. The number of amides is 1. The van der Waals surface area contributed by atoms with Crippen molar-refractivity contribution in [1.82, 2.24) is 14.8 Å². The molecule has 0 bridgehead atoms. The number of primary amides is 1. The summed E-state index contributed by atoms with van der Waals surface area (Å²) in [6.07, 6.45) is 0. The van der Waals surface area contributed by atoms with Crippen LogP contribution in [0, 0.1) is 10.1 Å². The molecule has 33 heavy (non-hydrogen) atoms. The van der Waals surface area contributed by atoms with Crippen molar-refractivity contribution in [2.24, 2.45) is 5.73 Å². The molecule has 3 aromatic rings. The van der Waals surface area contributed by atoms with Crippen molar-refractivity contribution >= 4 is 23.2 Å². The normalized spacial score (nSPS) is 15.1. The molecule has 0 fully saturated rings. The van der Waals surface area contributed by atoms with Crippen LogP contribution in [0.4, 0.5) is 17.3 Å². The van der Waals surface area contributed by atoms with E-state index in [0.29, 0.717) is 23.0 Å². The van der Waals surface area contributed by atoms with Gasteiger partial charge in [0.25, 0.3) is 5.69 Å². The number of nitrogens with zero attached hydrogens (tertiary/aromatic N) is 5. The van der Waals surface area contributed by atoms with Crippen LogP contribution in [0.3, 0.4) is 0 Å². The predicted molar refractivity (Wildman–Crippen MR) is 126 cm³/mol. The Hall–Kier alpha value is -4.21. The molecule has 10 heteroatoms. The van der Waals surface area contributed by atoms with Crippen molar-refractivity contribution in [3.8, 4) is 11.4 Å². The summed E-state index contributed by atoms with van der Waals surface area (Å²) >= 11 is 0. The van der Waals surface area contributed by atoms with Crippen LogP contribution in [-0.2, 0) is 4.79 Å². The fraction of sp³-hybridized carbons (Fsp3) is 0.261. The molecule has 1 atom stereocenters. The Morgan fingerprint density at radius 2 is 1.91 bits per heavy atom. The number of nitrogens with two attached hydrogens (primary N) is 1. The van der Waals surface area contributed by atoms with E-state index in [-0.39, 0.29) is 11.3 Å². The van der Waals surface area contributed by atoms with Gasteiger partial charge in [-0.05, 0) is 50.6 Å². The summed E-state index contributed by atoms with van der Waals surface area (Å²) < 4.78 is 1.56. The molecule has 1 aliphatic heterocycles. The third-order valence-corrected chi connectivity index (χ3v) is 5.77. The molecule has 0 aliphatic carbocycles. The highest BCUT2D eigenvalue weighted by molar-refractivity contribution is 5.95. The van der Waals surface area contributed by atoms with Crippen molar-refractivity contribution < 1.29 is 9.72 Å². The van der Waals surface area contributed by atoms with Crippen LogP contribution in [0.25, 0.3) is 11.4 Å². The molecule has 4 rings (SSSR count). The second-order valence-electron chi connectivity index (χ2n) is 7.71. The molecular formula is C23H25N7O3. The first-order chi connectivity index (χ1) is 15.8. The topological polar surface area (TPSA) is 132 Å². The van der Waals surface area contributed by atoms with Crippen molar-refractivity contribution in [2.75, 3.05) is 23.3 Å². The van der Waals surface area contributed by atoms with Crippen molar-refractivity contribution in [2.45, 2.75) is 26.8 Å². The van der Waals surface area contributed by atoms with Gasteiger partial charge in [0.2, 0.25) is 11.9 Å². The summed E-state index contributed by atoms with van der Waals surface area (Å²) in [5.74, 6) is 0.261. The van der Waals surface area contributed by atoms with E-state index < -0.39 is 16.9 Å². The fourth-order valence-corrected chi connectivity index (χ4v) is 4.12. The molecule has 0 saturated carbocycles. The zero-order chi connectivity index (χ0) is 23.7. The fourth-order valence-electron chi connectivity index (χ4n) is 4.12. The Kier molecular flexibility index (Phi) is 5.82. The van der Waals surface area contributed by atoms with Gasteiger partial charge in [-0.1, -0.05) is 12.1 Å². The first kappa shape index (κ1) is 22.0. The molecule has 2 aromatic carbocycles. The van der Waals surface area contributed by atoms with Crippen molar-refractivity contribution in [3.63, 3.8) is 0 Å². The number of anilines is 2. The molecule has 170 valence electrons. The first-order valence-electron chi connectivity index (χ1n) is 10.7. The Balaban J connectivity index is 1.79. The van der Waals surface area contributed by atoms with Gasteiger partial charge in [-0.15, -0.1) is 5.10 Å². The molecule has 1 aromatic heterocycles. The number of benzene rings is 2. The number of nitrogens with one attached hydrogen (secondary N) is 1. The van der Waals surface area contributed by atoms with E-state index >= 15 is 0 Å². The van der Waals surface area contributed by atoms with Gasteiger partial charge in [0.05, 0.1) is 10.5 Å². The van der Waals surface area contributed by atoms with E-state index in [9.17, 15) is 14.9 Å². The van der Waals surface area contributed by atoms with Crippen molar-refractivity contribution in [1.29, 1.82) is 0 Å². The van der Waals surface area contributed by atoms with E-state index in [1.54, 1.807) is 23.7 Å². The summed E-state index contributed by atoms with van der Waals surface area (Å²) in [5.41, 5.74) is 8.85. The highest BCUT2D eigenvalue weighted by atomic mass is 16.6. The van der Waals surface area contributed by atoms with Crippen molar-refractivity contribution in [3.05, 3.63) is 75.5 Å². The van der Waals surface area contributed by atoms with Crippen LogP contribution >= 0.6 is 0 Å². The van der Waals surface area contributed by atoms with E-state index in [1.807, 2.05) is 24.3 Å². The van der Waals surface area contributed by atoms with Crippen LogP contribution in [-0.4, -0.2) is 38.7 Å². The summed E-state index contributed by atoms with van der Waals surface area (Å²) in [4.78, 5) is 30.0. The van der Waals surface area contributed by atoms with Crippen LogP contribution < -0.4 is 16.0 Å². The summed E-state index contributed by atoms with van der Waals surface area (Å²) in [7, 11) is 0. The molecule has 0 radical (unpaired) electrons. The van der Waals surface area contributed by atoms with Gasteiger partial charge in [0.1, 0.15) is 6.04 Å². The smallest absolute Gasteiger partial charge is 0.269 e. The van der Waals surface area contributed by atoms with E-state index in [1.165, 1.54) is 12.1 Å². The lowest BCUT2D eigenvalue weighted by molar-refractivity contribution is -0.384. The molecular weight excluding hydrogens is 422 g/mol. The zero-order valence-electron chi connectivity index (χ0n) is 18.6. The Morgan fingerprint density at radius 3 is 2.52 bits per heavy atom. The number of allylic oxidation sites excluding steroid dienone is 1. The highest BCUT2D eigenvalue weighted by Crippen LogP contribution is 2.37. The van der Waals surface area contributed by atoms with E-state index in [4.69, 9.17) is 5.73 Å². The molecule has 10 nitrogen and oxygen atoms in total. The first-order valence-corrected chi connectivity index (χ1v) is 10.7. The number of carbonyl (C=O) groups excluding carboxylic acids is 1. The summed E-state index contributed by atoms with van der Waals surface area (Å²) in [6, 6.07) is 13.3. The van der Waals surface area contributed by atoms with Gasteiger partial charge < -0.3 is 16.0 Å². The lowest BCUT2D eigenvalue weighted by Gasteiger charge is -2.27. The average Bonchev–Trinajstić information content (AvgIpc) is 3.22. The van der Waals surface area contributed by atoms with Gasteiger partial charge in [0, 0.05) is 42.2 Å². The number of nitro groups is 1. The zero-order valence-corrected chi connectivity index (χ0v) is 18.6. The maximum atomic E-state index is 12.3. The quantitative estimate of drug-likeness (QED) is 0.418. The number of non-ortho nitro benzene ring substituents is 1. The number of fused-ring (bicyclic) bond motifs is 1. The molecule has 3 N–H and O–H groups in total. The minimum atomic E-state index is -0.741. The highest BCUT2D eigenvalue weighted by Gasteiger charge is 2.34. The third kappa shape index (κ3) is 4.02. The monoisotopic (exact) mass is 447 g/mol. The van der Waals surface area contributed by atoms with E-state index in [2.05, 4.69) is 34.1 Å². The van der Waals surface area contributed by atoms with Crippen LogP contribution in [0.15, 0.2) is 59.8 Å². The maximum Gasteiger partial charge on any atom is 0.269 e. The number of aromatic nitrogens is 3. The third-order valence-electron chi connectivity index (χ3n) is 5.77. The Labute approximate surface area is 190 Å². The molecule has 1 aliphatic rings. The number of hydrogen-bond acceptors (Lipinski definition) is 7. The van der Waals surface area contributed by atoms with Gasteiger partial charge in [-0.25, -0.2) is 4.68 Å². The maximum absolute atomic E-state index is 12.3. The summed E-state index contributed by atoms with van der Waals surface area (Å²) in [6.45, 7) is 7.74. The SMILES string of the molecule is CCN(CC)c1ccc(-c2nc3n(n2)C(c2cccc([N+](=O)[O-])c2)C(C(N)=O)=C(C)N3)cc1. The number of rotatable bonds is 7. The largest absolute Gasteiger partial charge is 0.372 e. The van der Waals surface area contributed by atoms with Gasteiger partial charge in [-0.3, -0.25) is 14.9 Å². The lowest BCUT2D eigenvalue weighted by Crippen LogP contribution is -2.31. The van der Waals surface area contributed by atoms with Crippen LogP contribution in [0.1, 0.15) is 32.4 Å². The Morgan fingerprint density at radius 1 is 1.21 bits per heavy atom. The van der Waals surface area contributed by atoms with Gasteiger partial charge in [0.15, 0.2) is 5.82 Å². The number of nitro benzene ring substituents is 1. The van der Waals surface area contributed by atoms with Crippen LogP contribution in [0.2, 0.25) is 0 Å². The van der Waals surface area contributed by atoms with Gasteiger partial charge >= 0.3 is 0 Å². The second-order valence-corrected chi connectivity index (χ2v) is 7.71. The minimum Gasteiger partial charge on any atom is -0.372 e. The average molecular weight is 447 g/mol. The Bertz CT molecular complexity index is 1240. The molecule has 1 unspecified atom stereocenters. The van der Waals surface area contributed by atoms with Crippen LogP contribution in [0.5, 0.6) is 0 Å². The molecule has 0 saturated heterocycles. The number of hydrogen-bond donors (Lipinski definition) is 2. The predicted octanol–water partition coefficient (Wildman–Crippen LogP) is 3.47. The summed E-state index contributed by atoms with van der Waals surface area (Å²) in [5, 5.41) is 19.1. The lowest BCUT2D eigenvalue weighted by atomic mass is 9.95. The molecule has 0 spiro atoms. The standard InChI is InChI=1S/C23H25N7O3/c1-4-28(5-2)17-11-9-15(10-12-17)22-26-23-25-14(3)19(21(24)31)20(29(23)27-22)16-7-6-8-18(13-16)30(32)33/h6-13,20H,4-5H2,1-3H3,(H2,24,31)(H,25,26,27). The van der Waals surface area contributed by atoms with E-state index in [0.717, 1.165) is 24.3 Å². The van der Waals surface area contributed by atoms with Gasteiger partial charge in [-0.2, -0.15) is 4.98 Å². The molecule has 2 heterocycles. The number of carbonyl (C=O) groups is 1.